The zero-order valence-corrected chi connectivity index (χ0v) is 19.0. The summed E-state index contributed by atoms with van der Waals surface area (Å²) < 4.78 is 18.9. The first-order valence-electron chi connectivity index (χ1n) is 9.15. The van der Waals surface area contributed by atoms with Crippen LogP contribution in [0.4, 0.5) is 4.39 Å². The minimum absolute atomic E-state index is 0. The van der Waals surface area contributed by atoms with E-state index >= 15 is 0 Å². The molecular formula is C21H26ClFIN3O. The molecule has 0 atom stereocenters. The van der Waals surface area contributed by atoms with Crippen molar-refractivity contribution >= 4 is 41.5 Å². The van der Waals surface area contributed by atoms with Crippen LogP contribution < -0.4 is 10.6 Å². The van der Waals surface area contributed by atoms with Crippen LogP contribution in [0.2, 0.25) is 5.02 Å². The van der Waals surface area contributed by atoms with E-state index in [1.807, 2.05) is 36.4 Å². The van der Waals surface area contributed by atoms with Crippen LogP contribution in [0.1, 0.15) is 24.0 Å². The quantitative estimate of drug-likeness (QED) is 0.349. The number of benzene rings is 2. The molecule has 7 heteroatoms. The lowest BCUT2D eigenvalue weighted by atomic mass is 9.74. The minimum atomic E-state index is -0.217. The lowest BCUT2D eigenvalue weighted by Gasteiger charge is -2.38. The minimum Gasteiger partial charge on any atom is -0.381 e. The van der Waals surface area contributed by atoms with E-state index in [4.69, 9.17) is 16.3 Å². The predicted molar refractivity (Wildman–Crippen MR) is 123 cm³/mol. The first kappa shape index (κ1) is 22.9. The number of ether oxygens (including phenoxy) is 1. The van der Waals surface area contributed by atoms with Gasteiger partial charge in [0.1, 0.15) is 5.82 Å². The molecule has 0 radical (unpaired) electrons. The van der Waals surface area contributed by atoms with Crippen LogP contribution >= 0.6 is 35.6 Å². The van der Waals surface area contributed by atoms with E-state index in [1.54, 1.807) is 7.05 Å². The molecule has 0 aromatic heterocycles. The van der Waals surface area contributed by atoms with Crippen molar-refractivity contribution in [1.29, 1.82) is 0 Å². The van der Waals surface area contributed by atoms with Gasteiger partial charge in [-0.05, 0) is 42.2 Å². The molecule has 0 unspecified atom stereocenters. The molecule has 0 saturated carbocycles. The third-order valence-electron chi connectivity index (χ3n) is 5.13. The van der Waals surface area contributed by atoms with E-state index in [2.05, 4.69) is 15.6 Å². The summed E-state index contributed by atoms with van der Waals surface area (Å²) >= 11 is 6.22. The smallest absolute Gasteiger partial charge is 0.191 e. The Kier molecular flexibility index (Phi) is 8.98. The summed E-state index contributed by atoms with van der Waals surface area (Å²) in [7, 11) is 1.75. The number of nitrogens with zero attached hydrogens (tertiary/aromatic N) is 1. The molecule has 28 heavy (non-hydrogen) atoms. The fourth-order valence-corrected chi connectivity index (χ4v) is 3.63. The zero-order valence-electron chi connectivity index (χ0n) is 15.9. The van der Waals surface area contributed by atoms with Gasteiger partial charge in [0.05, 0.1) is 0 Å². The van der Waals surface area contributed by atoms with Crippen LogP contribution in [0.15, 0.2) is 53.5 Å². The monoisotopic (exact) mass is 517 g/mol. The first-order valence-corrected chi connectivity index (χ1v) is 9.52. The van der Waals surface area contributed by atoms with Gasteiger partial charge in [0.2, 0.25) is 0 Å². The molecule has 0 spiro atoms. The summed E-state index contributed by atoms with van der Waals surface area (Å²) in [5, 5.41) is 7.47. The van der Waals surface area contributed by atoms with Crippen molar-refractivity contribution in [1.82, 2.24) is 10.6 Å². The summed E-state index contributed by atoms with van der Waals surface area (Å²) in [5.74, 6) is 0.494. The summed E-state index contributed by atoms with van der Waals surface area (Å²) in [5.41, 5.74) is 2.04. The van der Waals surface area contributed by atoms with Crippen molar-refractivity contribution in [2.24, 2.45) is 4.99 Å². The van der Waals surface area contributed by atoms with Gasteiger partial charge in [-0.2, -0.15) is 0 Å². The first-order chi connectivity index (χ1) is 13.1. The van der Waals surface area contributed by atoms with Crippen molar-refractivity contribution < 1.29 is 9.13 Å². The van der Waals surface area contributed by atoms with E-state index < -0.39 is 0 Å². The molecule has 1 saturated heterocycles. The van der Waals surface area contributed by atoms with Crippen molar-refractivity contribution in [2.75, 3.05) is 26.8 Å². The highest BCUT2D eigenvalue weighted by atomic mass is 127. The van der Waals surface area contributed by atoms with Gasteiger partial charge in [0.25, 0.3) is 0 Å². The van der Waals surface area contributed by atoms with Gasteiger partial charge < -0.3 is 15.4 Å². The van der Waals surface area contributed by atoms with Crippen molar-refractivity contribution in [3.63, 3.8) is 0 Å². The maximum absolute atomic E-state index is 13.4. The Morgan fingerprint density at radius 2 is 1.79 bits per heavy atom. The standard InChI is InChI=1S/C21H25ClFN3O.HI/c1-24-20(25-14-16-4-2-3-5-19(16)22)26-15-21(10-12-27-13-11-21)17-6-8-18(23)9-7-17;/h2-9H,10-15H2,1H3,(H2,24,25,26);1H. The number of rotatable bonds is 5. The Balaban J connectivity index is 0.00000280. The normalized spacial score (nSPS) is 16.2. The second-order valence-corrected chi connectivity index (χ2v) is 7.18. The molecule has 0 aliphatic carbocycles. The van der Waals surface area contributed by atoms with Crippen molar-refractivity contribution in [3.05, 3.63) is 70.5 Å². The van der Waals surface area contributed by atoms with Crippen LogP contribution in [0.3, 0.4) is 0 Å². The SMILES string of the molecule is CN=C(NCc1ccccc1Cl)NCC1(c2ccc(F)cc2)CCOCC1.I. The second kappa shape index (κ2) is 11.0. The lowest BCUT2D eigenvalue weighted by molar-refractivity contribution is 0.0513. The zero-order chi connectivity index (χ0) is 19.1. The number of aliphatic imine (C=N–C) groups is 1. The second-order valence-electron chi connectivity index (χ2n) is 6.77. The summed E-state index contributed by atoms with van der Waals surface area (Å²) in [6, 6.07) is 14.5. The van der Waals surface area contributed by atoms with Crippen LogP contribution in [0, 0.1) is 5.82 Å². The molecule has 0 amide bonds. The molecule has 4 nitrogen and oxygen atoms in total. The number of hydrogen-bond donors (Lipinski definition) is 2. The van der Waals surface area contributed by atoms with E-state index in [0.29, 0.717) is 32.3 Å². The molecule has 152 valence electrons. The Morgan fingerprint density at radius 3 is 2.43 bits per heavy atom. The van der Waals surface area contributed by atoms with Gasteiger partial charge in [0.15, 0.2) is 5.96 Å². The molecule has 1 fully saturated rings. The summed E-state index contributed by atoms with van der Waals surface area (Å²) in [6.07, 6.45) is 1.76. The number of hydrogen-bond acceptors (Lipinski definition) is 2. The molecule has 2 N–H and O–H groups in total. The molecule has 3 rings (SSSR count). The van der Waals surface area contributed by atoms with E-state index in [0.717, 1.165) is 29.0 Å². The molecule has 1 heterocycles. The molecular weight excluding hydrogens is 492 g/mol. The largest absolute Gasteiger partial charge is 0.381 e. The van der Waals surface area contributed by atoms with E-state index in [9.17, 15) is 4.39 Å². The highest BCUT2D eigenvalue weighted by Gasteiger charge is 2.34. The number of halogens is 3. The Hall–Kier alpha value is -1.38. The predicted octanol–water partition coefficient (Wildman–Crippen LogP) is 4.51. The van der Waals surface area contributed by atoms with Crippen LogP contribution in [-0.4, -0.2) is 32.8 Å². The third kappa shape index (κ3) is 5.81. The van der Waals surface area contributed by atoms with Crippen LogP contribution in [0.5, 0.6) is 0 Å². The third-order valence-corrected chi connectivity index (χ3v) is 5.50. The fourth-order valence-electron chi connectivity index (χ4n) is 3.43. The van der Waals surface area contributed by atoms with Gasteiger partial charge in [-0.3, -0.25) is 4.99 Å². The molecule has 1 aliphatic heterocycles. The van der Waals surface area contributed by atoms with Crippen molar-refractivity contribution in [2.45, 2.75) is 24.8 Å². The highest BCUT2D eigenvalue weighted by Crippen LogP contribution is 2.34. The van der Waals surface area contributed by atoms with Gasteiger partial charge in [-0.1, -0.05) is 41.9 Å². The maximum atomic E-state index is 13.4. The molecule has 1 aliphatic rings. The highest BCUT2D eigenvalue weighted by molar-refractivity contribution is 14.0. The maximum Gasteiger partial charge on any atom is 0.191 e. The lowest BCUT2D eigenvalue weighted by Crippen LogP contribution is -2.47. The molecule has 2 aromatic carbocycles. The Bertz CT molecular complexity index is 779. The Morgan fingerprint density at radius 1 is 1.11 bits per heavy atom. The average Bonchev–Trinajstić information content (AvgIpc) is 2.70. The average molecular weight is 518 g/mol. The summed E-state index contributed by atoms with van der Waals surface area (Å²) in [4.78, 5) is 4.32. The van der Waals surface area contributed by atoms with Gasteiger partial charge in [-0.25, -0.2) is 4.39 Å². The number of guanidine groups is 1. The van der Waals surface area contributed by atoms with Crippen molar-refractivity contribution in [3.8, 4) is 0 Å². The van der Waals surface area contributed by atoms with E-state index in [-0.39, 0.29) is 35.2 Å². The fraction of sp³-hybridized carbons (Fsp3) is 0.381. The number of nitrogens with one attached hydrogen (secondary N) is 2. The topological polar surface area (TPSA) is 45.7 Å². The van der Waals surface area contributed by atoms with Crippen LogP contribution in [-0.2, 0) is 16.7 Å². The van der Waals surface area contributed by atoms with E-state index in [1.165, 1.54) is 12.1 Å². The molecule has 0 bridgehead atoms. The van der Waals surface area contributed by atoms with Gasteiger partial charge in [-0.15, -0.1) is 24.0 Å². The summed E-state index contributed by atoms with van der Waals surface area (Å²) in [6.45, 7) is 2.69. The Labute approximate surface area is 187 Å². The van der Waals surface area contributed by atoms with Gasteiger partial charge in [0, 0.05) is 43.8 Å². The molecule has 2 aromatic rings. The van der Waals surface area contributed by atoms with Crippen LogP contribution in [0.25, 0.3) is 0 Å². The van der Waals surface area contributed by atoms with Gasteiger partial charge >= 0.3 is 0 Å².